The van der Waals surface area contributed by atoms with Gasteiger partial charge in [0.1, 0.15) is 0 Å². The molecular formula is C22H37ClN2O. The highest BCUT2D eigenvalue weighted by Gasteiger charge is 2.16. The molecule has 1 aliphatic rings. The van der Waals surface area contributed by atoms with Crippen molar-refractivity contribution in [1.82, 2.24) is 10.6 Å². The number of benzene rings is 1. The molecule has 1 heterocycles. The van der Waals surface area contributed by atoms with E-state index in [1.54, 1.807) is 0 Å². The van der Waals surface area contributed by atoms with Gasteiger partial charge >= 0.3 is 0 Å². The summed E-state index contributed by atoms with van der Waals surface area (Å²) in [5.41, 5.74) is 2.14. The average Bonchev–Trinajstić information content (AvgIpc) is 2.65. The lowest BCUT2D eigenvalue weighted by atomic mass is 10.0. The third kappa shape index (κ3) is 9.05. The molecule has 0 aliphatic carbocycles. The molecule has 0 radical (unpaired) electrons. The van der Waals surface area contributed by atoms with Crippen LogP contribution in [0.15, 0.2) is 24.3 Å². The molecule has 0 aromatic heterocycles. The number of hydrogen-bond donors (Lipinski definition) is 2. The molecule has 0 bridgehead atoms. The second-order valence-corrected chi connectivity index (χ2v) is 7.42. The van der Waals surface area contributed by atoms with Gasteiger partial charge in [0.25, 0.3) is 5.91 Å². The number of unbranched alkanes of at least 4 members (excludes halogenated alkanes) is 7. The third-order valence-electron chi connectivity index (χ3n) is 5.21. The van der Waals surface area contributed by atoms with Crippen LogP contribution in [0.1, 0.15) is 87.1 Å². The van der Waals surface area contributed by atoms with E-state index >= 15 is 0 Å². The summed E-state index contributed by atoms with van der Waals surface area (Å²) >= 11 is 0. The average molecular weight is 381 g/mol. The standard InChI is InChI=1S/C22H36N2O.ClH/c1-2-3-4-5-6-7-8-9-10-19-11-13-20(14-12-19)22(25)24-21-15-17-23-18-16-21;/h11-14,21,23H,2-10,15-18H2,1H3,(H,24,25);1H. The zero-order valence-corrected chi connectivity index (χ0v) is 17.2. The molecule has 0 spiro atoms. The summed E-state index contributed by atoms with van der Waals surface area (Å²) in [5.74, 6) is 0.0746. The smallest absolute Gasteiger partial charge is 0.251 e. The molecule has 1 fully saturated rings. The van der Waals surface area contributed by atoms with Crippen LogP contribution in [0.2, 0.25) is 0 Å². The molecule has 1 saturated heterocycles. The van der Waals surface area contributed by atoms with Gasteiger partial charge in [0.2, 0.25) is 0 Å². The van der Waals surface area contributed by atoms with Gasteiger partial charge in [-0.15, -0.1) is 12.4 Å². The van der Waals surface area contributed by atoms with Crippen molar-refractivity contribution in [3.8, 4) is 0 Å². The first kappa shape index (κ1) is 23.0. The van der Waals surface area contributed by atoms with Gasteiger partial charge in [-0.05, 0) is 56.5 Å². The summed E-state index contributed by atoms with van der Waals surface area (Å²) in [6.45, 7) is 4.27. The highest BCUT2D eigenvalue weighted by atomic mass is 35.5. The molecule has 26 heavy (non-hydrogen) atoms. The van der Waals surface area contributed by atoms with Crippen molar-refractivity contribution in [1.29, 1.82) is 0 Å². The Morgan fingerprint density at radius 2 is 1.54 bits per heavy atom. The molecule has 3 nitrogen and oxygen atoms in total. The van der Waals surface area contributed by atoms with Gasteiger partial charge in [0.15, 0.2) is 0 Å². The van der Waals surface area contributed by atoms with Crippen molar-refractivity contribution in [2.45, 2.75) is 83.6 Å². The van der Waals surface area contributed by atoms with Crippen LogP contribution >= 0.6 is 12.4 Å². The van der Waals surface area contributed by atoms with E-state index < -0.39 is 0 Å². The van der Waals surface area contributed by atoms with Crippen molar-refractivity contribution < 1.29 is 4.79 Å². The minimum absolute atomic E-state index is 0. The molecule has 1 amide bonds. The number of halogens is 1. The monoisotopic (exact) mass is 380 g/mol. The second-order valence-electron chi connectivity index (χ2n) is 7.42. The van der Waals surface area contributed by atoms with E-state index in [-0.39, 0.29) is 18.3 Å². The SMILES string of the molecule is CCCCCCCCCCc1ccc(C(=O)NC2CCNCC2)cc1.Cl. The highest BCUT2D eigenvalue weighted by Crippen LogP contribution is 2.13. The first-order valence-corrected chi connectivity index (χ1v) is 10.4. The Bertz CT molecular complexity index is 483. The highest BCUT2D eigenvalue weighted by molar-refractivity contribution is 5.94. The zero-order valence-electron chi connectivity index (χ0n) is 16.4. The normalized spacial score (nSPS) is 14.7. The van der Waals surface area contributed by atoms with E-state index in [9.17, 15) is 4.79 Å². The molecule has 0 saturated carbocycles. The van der Waals surface area contributed by atoms with Crippen LogP contribution in [-0.4, -0.2) is 25.0 Å². The van der Waals surface area contributed by atoms with Crippen LogP contribution < -0.4 is 10.6 Å². The Balaban J connectivity index is 0.00000338. The molecule has 0 unspecified atom stereocenters. The van der Waals surface area contributed by atoms with Gasteiger partial charge in [-0.2, -0.15) is 0 Å². The van der Waals surface area contributed by atoms with E-state index in [1.165, 1.54) is 56.9 Å². The number of amides is 1. The zero-order chi connectivity index (χ0) is 17.7. The van der Waals surface area contributed by atoms with Gasteiger partial charge in [-0.25, -0.2) is 0 Å². The summed E-state index contributed by atoms with van der Waals surface area (Å²) in [6.07, 6.45) is 14.0. The Hall–Kier alpha value is -1.06. The molecule has 1 aromatic carbocycles. The number of rotatable bonds is 11. The number of aryl methyl sites for hydroxylation is 1. The maximum absolute atomic E-state index is 12.3. The van der Waals surface area contributed by atoms with Crippen LogP contribution in [0, 0.1) is 0 Å². The quantitative estimate of drug-likeness (QED) is 0.513. The fraction of sp³-hybridized carbons (Fsp3) is 0.682. The molecular weight excluding hydrogens is 344 g/mol. The van der Waals surface area contributed by atoms with Gasteiger partial charge in [0.05, 0.1) is 0 Å². The minimum atomic E-state index is 0. The predicted octanol–water partition coefficient (Wildman–Crippen LogP) is 5.27. The van der Waals surface area contributed by atoms with Gasteiger partial charge < -0.3 is 10.6 Å². The maximum atomic E-state index is 12.3. The number of nitrogens with one attached hydrogen (secondary N) is 2. The van der Waals surface area contributed by atoms with Crippen LogP contribution in [0.3, 0.4) is 0 Å². The molecule has 1 aliphatic heterocycles. The summed E-state index contributed by atoms with van der Waals surface area (Å²) < 4.78 is 0. The van der Waals surface area contributed by atoms with E-state index in [2.05, 4.69) is 29.7 Å². The summed E-state index contributed by atoms with van der Waals surface area (Å²) in [5, 5.41) is 6.48. The lowest BCUT2D eigenvalue weighted by Gasteiger charge is -2.23. The van der Waals surface area contributed by atoms with Gasteiger partial charge in [-0.3, -0.25) is 4.79 Å². The van der Waals surface area contributed by atoms with Crippen LogP contribution in [-0.2, 0) is 6.42 Å². The second kappa shape index (κ2) is 14.1. The van der Waals surface area contributed by atoms with Crippen molar-refractivity contribution in [3.05, 3.63) is 35.4 Å². The predicted molar refractivity (Wildman–Crippen MR) is 113 cm³/mol. The molecule has 4 heteroatoms. The third-order valence-corrected chi connectivity index (χ3v) is 5.21. The van der Waals surface area contributed by atoms with E-state index in [1.807, 2.05) is 12.1 Å². The van der Waals surface area contributed by atoms with Gasteiger partial charge in [-0.1, -0.05) is 64.0 Å². The largest absolute Gasteiger partial charge is 0.349 e. The number of hydrogen-bond acceptors (Lipinski definition) is 2. The first-order chi connectivity index (χ1) is 12.3. The number of carbonyl (C=O) groups excluding carboxylic acids is 1. The van der Waals surface area contributed by atoms with Crippen molar-refractivity contribution in [2.24, 2.45) is 0 Å². The maximum Gasteiger partial charge on any atom is 0.251 e. The Morgan fingerprint density at radius 1 is 0.962 bits per heavy atom. The number of piperidine rings is 1. The summed E-state index contributed by atoms with van der Waals surface area (Å²) in [6, 6.07) is 8.54. The Kier molecular flexibility index (Phi) is 12.4. The fourth-order valence-corrected chi connectivity index (χ4v) is 3.52. The summed E-state index contributed by atoms with van der Waals surface area (Å²) in [7, 11) is 0. The first-order valence-electron chi connectivity index (χ1n) is 10.4. The Labute approximate surface area is 166 Å². The van der Waals surface area contributed by atoms with Crippen LogP contribution in [0.4, 0.5) is 0 Å². The fourth-order valence-electron chi connectivity index (χ4n) is 3.52. The lowest BCUT2D eigenvalue weighted by Crippen LogP contribution is -2.42. The van der Waals surface area contributed by atoms with Crippen molar-refractivity contribution in [3.63, 3.8) is 0 Å². The van der Waals surface area contributed by atoms with Gasteiger partial charge in [0, 0.05) is 11.6 Å². The topological polar surface area (TPSA) is 41.1 Å². The number of carbonyl (C=O) groups is 1. The van der Waals surface area contributed by atoms with Crippen molar-refractivity contribution >= 4 is 18.3 Å². The lowest BCUT2D eigenvalue weighted by molar-refractivity contribution is 0.0929. The molecule has 2 rings (SSSR count). The molecule has 1 aromatic rings. The van der Waals surface area contributed by atoms with Crippen molar-refractivity contribution in [2.75, 3.05) is 13.1 Å². The molecule has 148 valence electrons. The molecule has 2 N–H and O–H groups in total. The van der Waals surface area contributed by atoms with Crippen LogP contribution in [0.25, 0.3) is 0 Å². The van der Waals surface area contributed by atoms with E-state index in [0.29, 0.717) is 6.04 Å². The Morgan fingerprint density at radius 3 is 2.15 bits per heavy atom. The van der Waals surface area contributed by atoms with Crippen LogP contribution in [0.5, 0.6) is 0 Å². The van der Waals surface area contributed by atoms with E-state index in [4.69, 9.17) is 0 Å². The molecule has 0 atom stereocenters. The van der Waals surface area contributed by atoms with E-state index in [0.717, 1.165) is 37.9 Å². The minimum Gasteiger partial charge on any atom is -0.349 e. The summed E-state index contributed by atoms with van der Waals surface area (Å²) in [4.78, 5) is 12.3.